The van der Waals surface area contributed by atoms with E-state index in [4.69, 9.17) is 15.1 Å². The summed E-state index contributed by atoms with van der Waals surface area (Å²) in [5, 5.41) is 0. The topological polar surface area (TPSA) is 73.1 Å². The summed E-state index contributed by atoms with van der Waals surface area (Å²) in [5.74, 6) is 0.382. The molecule has 0 aliphatic heterocycles. The Bertz CT molecular complexity index is 844. The fourth-order valence-corrected chi connectivity index (χ4v) is 2.44. The van der Waals surface area contributed by atoms with Crippen LogP contribution in [0.5, 0.6) is 0 Å². The molecule has 0 aliphatic carbocycles. The molecule has 2 aromatic heterocycles. The van der Waals surface area contributed by atoms with E-state index in [0.717, 1.165) is 0 Å². The molecule has 0 unspecified atom stereocenters. The average molecular weight is 295 g/mol. The van der Waals surface area contributed by atoms with Crippen molar-refractivity contribution in [3.8, 4) is 11.5 Å². The highest BCUT2D eigenvalue weighted by Gasteiger charge is 2.14. The Labute approximate surface area is 113 Å². The first-order valence-electron chi connectivity index (χ1n) is 5.30. The molecule has 0 saturated heterocycles. The van der Waals surface area contributed by atoms with Gasteiger partial charge in [-0.3, -0.25) is 4.98 Å². The average Bonchev–Trinajstić information content (AvgIpc) is 2.81. The summed E-state index contributed by atoms with van der Waals surface area (Å²) in [7, 11) is 1.51. The minimum absolute atomic E-state index is 0.0180. The zero-order chi connectivity index (χ0) is 13.5. The molecule has 1 aromatic carbocycles. The highest BCUT2D eigenvalue weighted by Crippen LogP contribution is 2.26. The van der Waals surface area contributed by atoms with Crippen molar-refractivity contribution in [3.63, 3.8) is 0 Å². The van der Waals surface area contributed by atoms with Crippen molar-refractivity contribution < 1.29 is 12.8 Å². The number of halogens is 1. The Hall–Kier alpha value is -1.92. The Morgan fingerprint density at radius 1 is 1.21 bits per heavy atom. The van der Waals surface area contributed by atoms with E-state index in [2.05, 4.69) is 9.97 Å². The van der Waals surface area contributed by atoms with Crippen LogP contribution in [0.3, 0.4) is 0 Å². The lowest BCUT2D eigenvalue weighted by Gasteiger charge is -1.93. The Morgan fingerprint density at radius 3 is 2.74 bits per heavy atom. The van der Waals surface area contributed by atoms with Gasteiger partial charge in [0.25, 0.3) is 9.05 Å². The number of oxazole rings is 1. The normalized spacial score (nSPS) is 11.8. The molecule has 3 rings (SSSR count). The number of pyridine rings is 1. The summed E-state index contributed by atoms with van der Waals surface area (Å²) in [4.78, 5) is 8.21. The van der Waals surface area contributed by atoms with Gasteiger partial charge >= 0.3 is 0 Å². The predicted octanol–water partition coefficient (Wildman–Crippen LogP) is 2.82. The van der Waals surface area contributed by atoms with Crippen LogP contribution in [0.2, 0.25) is 0 Å². The molecule has 96 valence electrons. The Kier molecular flexibility index (Phi) is 2.76. The minimum Gasteiger partial charge on any atom is -0.436 e. The van der Waals surface area contributed by atoms with Crippen molar-refractivity contribution in [2.75, 3.05) is 0 Å². The molecular weight excluding hydrogens is 288 g/mol. The summed E-state index contributed by atoms with van der Waals surface area (Å²) in [6.45, 7) is 0. The fraction of sp³-hybridized carbons (Fsp3) is 0. The zero-order valence-corrected chi connectivity index (χ0v) is 11.0. The van der Waals surface area contributed by atoms with Crippen LogP contribution >= 0.6 is 10.7 Å². The fourth-order valence-electron chi connectivity index (χ4n) is 1.67. The van der Waals surface area contributed by atoms with E-state index in [-0.39, 0.29) is 4.90 Å². The molecular formula is C12H7ClN2O3S. The number of rotatable bonds is 2. The van der Waals surface area contributed by atoms with E-state index in [1.807, 2.05) is 0 Å². The quantitative estimate of drug-likeness (QED) is 0.680. The number of hydrogen-bond donors (Lipinski definition) is 0. The molecule has 0 saturated carbocycles. The zero-order valence-electron chi connectivity index (χ0n) is 9.45. The van der Waals surface area contributed by atoms with E-state index in [1.165, 1.54) is 12.1 Å². The second-order valence-corrected chi connectivity index (χ2v) is 6.39. The highest BCUT2D eigenvalue weighted by atomic mass is 35.7. The number of hydrogen-bond acceptors (Lipinski definition) is 5. The first-order valence-corrected chi connectivity index (χ1v) is 7.61. The minimum atomic E-state index is -3.78. The van der Waals surface area contributed by atoms with Crippen LogP contribution in [0.25, 0.3) is 22.6 Å². The third kappa shape index (κ3) is 2.32. The molecule has 0 spiro atoms. The monoisotopic (exact) mass is 294 g/mol. The first-order chi connectivity index (χ1) is 9.04. The second-order valence-electron chi connectivity index (χ2n) is 3.83. The molecule has 3 aromatic rings. The molecule has 7 heteroatoms. The molecule has 19 heavy (non-hydrogen) atoms. The highest BCUT2D eigenvalue weighted by molar-refractivity contribution is 8.13. The summed E-state index contributed by atoms with van der Waals surface area (Å²) in [6, 6.07) is 7.86. The van der Waals surface area contributed by atoms with Gasteiger partial charge in [-0.25, -0.2) is 13.4 Å². The second kappa shape index (κ2) is 4.32. The van der Waals surface area contributed by atoms with Crippen molar-refractivity contribution in [1.29, 1.82) is 0 Å². The van der Waals surface area contributed by atoms with Gasteiger partial charge in [0.15, 0.2) is 5.58 Å². The molecule has 0 bridgehead atoms. The van der Waals surface area contributed by atoms with Crippen LogP contribution in [-0.2, 0) is 9.05 Å². The van der Waals surface area contributed by atoms with Gasteiger partial charge in [0, 0.05) is 29.1 Å². The molecule has 0 N–H and O–H groups in total. The van der Waals surface area contributed by atoms with Gasteiger partial charge in [-0.15, -0.1) is 0 Å². The molecule has 0 fully saturated rings. The van der Waals surface area contributed by atoms with Crippen LogP contribution in [0.4, 0.5) is 0 Å². The van der Waals surface area contributed by atoms with Crippen molar-refractivity contribution in [2.45, 2.75) is 4.90 Å². The molecule has 0 amide bonds. The van der Waals surface area contributed by atoms with Crippen LogP contribution in [0.15, 0.2) is 52.0 Å². The van der Waals surface area contributed by atoms with E-state index >= 15 is 0 Å². The van der Waals surface area contributed by atoms with Gasteiger partial charge in [0.2, 0.25) is 5.89 Å². The van der Waals surface area contributed by atoms with Crippen molar-refractivity contribution >= 4 is 30.8 Å². The van der Waals surface area contributed by atoms with Crippen molar-refractivity contribution in [2.24, 2.45) is 0 Å². The van der Waals surface area contributed by atoms with Crippen LogP contribution in [0.1, 0.15) is 0 Å². The number of fused-ring (bicyclic) bond motifs is 1. The third-order valence-electron chi connectivity index (χ3n) is 2.55. The lowest BCUT2D eigenvalue weighted by Crippen LogP contribution is -1.88. The van der Waals surface area contributed by atoms with Gasteiger partial charge in [0.05, 0.1) is 10.5 Å². The maximum absolute atomic E-state index is 11.2. The van der Waals surface area contributed by atoms with Gasteiger partial charge in [-0.05, 0) is 24.3 Å². The van der Waals surface area contributed by atoms with Crippen LogP contribution in [0, 0.1) is 0 Å². The standard InChI is InChI=1S/C12H7ClN2O3S/c13-19(16,17)9-3-4-10-11(6-9)18-12(15-10)8-2-1-5-14-7-8/h1-7H. The summed E-state index contributed by atoms with van der Waals surface area (Å²) >= 11 is 0. The SMILES string of the molecule is O=S(=O)(Cl)c1ccc2nc(-c3cccnc3)oc2c1. The van der Waals surface area contributed by atoms with E-state index in [1.54, 1.807) is 30.6 Å². The van der Waals surface area contributed by atoms with Crippen LogP contribution in [-0.4, -0.2) is 18.4 Å². The summed E-state index contributed by atoms with van der Waals surface area (Å²) < 4.78 is 28.0. The molecule has 0 atom stereocenters. The summed E-state index contributed by atoms with van der Waals surface area (Å²) in [6.07, 6.45) is 3.26. The van der Waals surface area contributed by atoms with E-state index in [0.29, 0.717) is 22.6 Å². The van der Waals surface area contributed by atoms with Gasteiger partial charge in [-0.1, -0.05) is 0 Å². The van der Waals surface area contributed by atoms with Gasteiger partial charge in [-0.2, -0.15) is 0 Å². The Balaban J connectivity index is 2.17. The maximum Gasteiger partial charge on any atom is 0.261 e. The Morgan fingerprint density at radius 2 is 2.05 bits per heavy atom. The van der Waals surface area contributed by atoms with Gasteiger partial charge < -0.3 is 4.42 Å². The molecule has 0 radical (unpaired) electrons. The summed E-state index contributed by atoms with van der Waals surface area (Å²) in [5.41, 5.74) is 1.64. The van der Waals surface area contributed by atoms with Crippen molar-refractivity contribution in [3.05, 3.63) is 42.7 Å². The van der Waals surface area contributed by atoms with Crippen LogP contribution < -0.4 is 0 Å². The lowest BCUT2D eigenvalue weighted by molar-refractivity contribution is 0.606. The number of aromatic nitrogens is 2. The lowest BCUT2D eigenvalue weighted by atomic mass is 10.3. The van der Waals surface area contributed by atoms with E-state index in [9.17, 15) is 8.42 Å². The van der Waals surface area contributed by atoms with Crippen molar-refractivity contribution in [1.82, 2.24) is 9.97 Å². The molecule has 5 nitrogen and oxygen atoms in total. The molecule has 2 heterocycles. The third-order valence-corrected chi connectivity index (χ3v) is 3.90. The molecule has 0 aliphatic rings. The van der Waals surface area contributed by atoms with Gasteiger partial charge in [0.1, 0.15) is 5.52 Å². The number of nitrogens with zero attached hydrogens (tertiary/aromatic N) is 2. The predicted molar refractivity (Wildman–Crippen MR) is 70.3 cm³/mol. The first kappa shape index (κ1) is 12.1. The van der Waals surface area contributed by atoms with E-state index < -0.39 is 9.05 Å². The largest absolute Gasteiger partial charge is 0.436 e. The number of benzene rings is 1. The maximum atomic E-state index is 11.2. The smallest absolute Gasteiger partial charge is 0.261 e.